The summed E-state index contributed by atoms with van der Waals surface area (Å²) in [7, 11) is 1.40. The van der Waals surface area contributed by atoms with E-state index in [2.05, 4.69) is 4.98 Å². The highest BCUT2D eigenvalue weighted by Gasteiger charge is 2.17. The number of nitrogens with two attached hydrogens (primary N) is 1. The average Bonchev–Trinajstić information content (AvgIpc) is 2.51. The largest absolute Gasteiger partial charge is 0.493 e. The minimum absolute atomic E-state index is 0.0252. The third-order valence-electron chi connectivity index (χ3n) is 2.61. The number of ether oxygens (including phenoxy) is 4. The van der Waals surface area contributed by atoms with E-state index in [1.807, 2.05) is 6.92 Å². The van der Waals surface area contributed by atoms with Crippen molar-refractivity contribution in [3.05, 3.63) is 18.0 Å². The lowest BCUT2D eigenvalue weighted by molar-refractivity contribution is -0.155. The summed E-state index contributed by atoms with van der Waals surface area (Å²) in [5.41, 5.74) is 5.10. The first-order valence-electron chi connectivity index (χ1n) is 6.79. The SMILES string of the molecule is CCCCOCC(=O)OCOc1c(OC)ccnc1C(N)=O. The number of hydrogen-bond acceptors (Lipinski definition) is 7. The van der Waals surface area contributed by atoms with E-state index in [1.54, 1.807) is 0 Å². The smallest absolute Gasteiger partial charge is 0.334 e. The van der Waals surface area contributed by atoms with Crippen LogP contribution in [0.25, 0.3) is 0 Å². The fourth-order valence-corrected chi connectivity index (χ4v) is 1.50. The summed E-state index contributed by atoms with van der Waals surface area (Å²) in [5, 5.41) is 0. The fraction of sp³-hybridized carbons (Fsp3) is 0.500. The monoisotopic (exact) mass is 312 g/mol. The molecule has 122 valence electrons. The molecule has 1 aromatic heterocycles. The highest BCUT2D eigenvalue weighted by molar-refractivity contribution is 5.94. The summed E-state index contributed by atoms with van der Waals surface area (Å²) in [6.45, 7) is 1.95. The molecule has 0 saturated heterocycles. The molecule has 2 N–H and O–H groups in total. The number of esters is 1. The van der Waals surface area contributed by atoms with Gasteiger partial charge in [-0.1, -0.05) is 13.3 Å². The Morgan fingerprint density at radius 3 is 2.77 bits per heavy atom. The minimum atomic E-state index is -0.775. The second-order valence-corrected chi connectivity index (χ2v) is 4.24. The maximum absolute atomic E-state index is 11.4. The normalized spacial score (nSPS) is 10.1. The van der Waals surface area contributed by atoms with Gasteiger partial charge in [0.25, 0.3) is 5.91 Å². The van der Waals surface area contributed by atoms with Crippen molar-refractivity contribution in [1.29, 1.82) is 0 Å². The number of methoxy groups -OCH3 is 1. The van der Waals surface area contributed by atoms with Gasteiger partial charge in [-0.25, -0.2) is 9.78 Å². The predicted octanol–water partition coefficient (Wildman–Crippen LogP) is 0.885. The molecular formula is C14H20N2O6. The molecule has 1 aromatic rings. The van der Waals surface area contributed by atoms with Crippen molar-refractivity contribution in [3.8, 4) is 11.5 Å². The number of aromatic nitrogens is 1. The van der Waals surface area contributed by atoms with Crippen LogP contribution in [0.4, 0.5) is 0 Å². The number of carbonyl (C=O) groups excluding carboxylic acids is 2. The van der Waals surface area contributed by atoms with E-state index < -0.39 is 18.7 Å². The topological polar surface area (TPSA) is 110 Å². The van der Waals surface area contributed by atoms with Crippen LogP contribution in [0.1, 0.15) is 30.3 Å². The predicted molar refractivity (Wildman–Crippen MR) is 76.6 cm³/mol. The Morgan fingerprint density at radius 2 is 2.14 bits per heavy atom. The van der Waals surface area contributed by atoms with Crippen LogP contribution in [-0.4, -0.2) is 44.0 Å². The second-order valence-electron chi connectivity index (χ2n) is 4.24. The third-order valence-corrected chi connectivity index (χ3v) is 2.61. The molecule has 8 nitrogen and oxygen atoms in total. The van der Waals surface area contributed by atoms with Crippen LogP contribution in [0.5, 0.6) is 11.5 Å². The molecule has 8 heteroatoms. The highest BCUT2D eigenvalue weighted by Crippen LogP contribution is 2.29. The van der Waals surface area contributed by atoms with Crippen molar-refractivity contribution in [2.75, 3.05) is 27.1 Å². The van der Waals surface area contributed by atoms with Crippen molar-refractivity contribution in [2.45, 2.75) is 19.8 Å². The number of amides is 1. The molecule has 0 aromatic carbocycles. The number of hydrogen-bond donors (Lipinski definition) is 1. The third kappa shape index (κ3) is 5.57. The van der Waals surface area contributed by atoms with Gasteiger partial charge in [0.2, 0.25) is 6.79 Å². The quantitative estimate of drug-likeness (QED) is 0.388. The van der Waals surface area contributed by atoms with E-state index in [0.29, 0.717) is 6.61 Å². The Bertz CT molecular complexity index is 506. The lowest BCUT2D eigenvalue weighted by Crippen LogP contribution is -2.19. The molecule has 22 heavy (non-hydrogen) atoms. The molecule has 0 saturated carbocycles. The number of unbranched alkanes of at least 4 members (excludes halogenated alkanes) is 1. The number of rotatable bonds is 10. The van der Waals surface area contributed by atoms with Crippen molar-refractivity contribution in [2.24, 2.45) is 5.73 Å². The number of carbonyl (C=O) groups is 2. The van der Waals surface area contributed by atoms with E-state index >= 15 is 0 Å². The molecule has 0 aliphatic heterocycles. The van der Waals surface area contributed by atoms with E-state index in [9.17, 15) is 9.59 Å². The Labute approximate surface area is 128 Å². The summed E-state index contributed by atoms with van der Waals surface area (Å²) in [6, 6.07) is 1.50. The van der Waals surface area contributed by atoms with Gasteiger partial charge in [0.05, 0.1) is 7.11 Å². The molecule has 1 heterocycles. The molecule has 0 aliphatic rings. The summed E-state index contributed by atoms with van der Waals surface area (Å²) >= 11 is 0. The van der Waals surface area contributed by atoms with Crippen LogP contribution < -0.4 is 15.2 Å². The molecule has 0 spiro atoms. The maximum Gasteiger partial charge on any atom is 0.334 e. The van der Waals surface area contributed by atoms with Crippen LogP contribution in [0.3, 0.4) is 0 Å². The zero-order valence-electron chi connectivity index (χ0n) is 12.7. The van der Waals surface area contributed by atoms with Gasteiger partial charge in [-0.05, 0) is 6.42 Å². The standard InChI is InChI=1S/C14H20N2O6/c1-3-4-7-20-8-11(17)21-9-22-13-10(19-2)5-6-16-12(13)14(15)18/h5-6H,3-4,7-9H2,1-2H3,(H2,15,18). The van der Waals surface area contributed by atoms with Gasteiger partial charge in [-0.2, -0.15) is 0 Å². The van der Waals surface area contributed by atoms with Gasteiger partial charge in [-0.3, -0.25) is 4.79 Å². The van der Waals surface area contributed by atoms with Gasteiger partial charge in [0.1, 0.15) is 6.61 Å². The Balaban J connectivity index is 2.50. The fourth-order valence-electron chi connectivity index (χ4n) is 1.50. The van der Waals surface area contributed by atoms with E-state index in [1.165, 1.54) is 19.4 Å². The first-order chi connectivity index (χ1) is 10.6. The summed E-state index contributed by atoms with van der Waals surface area (Å²) in [4.78, 5) is 26.5. The molecule has 0 atom stereocenters. The van der Waals surface area contributed by atoms with Gasteiger partial charge >= 0.3 is 5.97 Å². The summed E-state index contributed by atoms with van der Waals surface area (Å²) in [6.07, 6.45) is 3.22. The first-order valence-corrected chi connectivity index (χ1v) is 6.79. The van der Waals surface area contributed by atoms with Crippen LogP contribution in [0.2, 0.25) is 0 Å². The zero-order valence-corrected chi connectivity index (χ0v) is 12.7. The average molecular weight is 312 g/mol. The second kappa shape index (κ2) is 9.56. The van der Waals surface area contributed by atoms with Gasteiger partial charge in [0, 0.05) is 18.9 Å². The number of pyridine rings is 1. The molecule has 0 bridgehead atoms. The van der Waals surface area contributed by atoms with Crippen LogP contribution in [0, 0.1) is 0 Å². The molecule has 1 amide bonds. The van der Waals surface area contributed by atoms with Gasteiger partial charge < -0.3 is 24.7 Å². The minimum Gasteiger partial charge on any atom is -0.493 e. The lowest BCUT2D eigenvalue weighted by Gasteiger charge is -2.12. The van der Waals surface area contributed by atoms with Crippen molar-refractivity contribution in [3.63, 3.8) is 0 Å². The van der Waals surface area contributed by atoms with E-state index in [-0.39, 0.29) is 23.8 Å². The molecule has 1 rings (SSSR count). The van der Waals surface area contributed by atoms with Crippen LogP contribution >= 0.6 is 0 Å². The first kappa shape index (κ1) is 17.7. The van der Waals surface area contributed by atoms with Crippen molar-refractivity contribution < 1.29 is 28.5 Å². The van der Waals surface area contributed by atoms with E-state index in [4.69, 9.17) is 24.7 Å². The summed E-state index contributed by atoms with van der Waals surface area (Å²) in [5.74, 6) is -1.06. The number of primary amides is 1. The Morgan fingerprint density at radius 1 is 1.36 bits per heavy atom. The van der Waals surface area contributed by atoms with E-state index in [0.717, 1.165) is 12.8 Å². The Kier molecular flexibility index (Phi) is 7.69. The molecule has 0 unspecified atom stereocenters. The maximum atomic E-state index is 11.4. The Hall–Kier alpha value is -2.35. The van der Waals surface area contributed by atoms with Crippen molar-refractivity contribution >= 4 is 11.9 Å². The molecule has 0 aliphatic carbocycles. The van der Waals surface area contributed by atoms with Gasteiger partial charge in [0.15, 0.2) is 17.2 Å². The molecule has 0 radical (unpaired) electrons. The van der Waals surface area contributed by atoms with Gasteiger partial charge in [-0.15, -0.1) is 0 Å². The lowest BCUT2D eigenvalue weighted by atomic mass is 10.3. The molecular weight excluding hydrogens is 292 g/mol. The number of nitrogens with zero attached hydrogens (tertiary/aromatic N) is 1. The van der Waals surface area contributed by atoms with Crippen LogP contribution in [0.15, 0.2) is 12.3 Å². The van der Waals surface area contributed by atoms with Crippen LogP contribution in [-0.2, 0) is 14.3 Å². The molecule has 0 fully saturated rings. The highest BCUT2D eigenvalue weighted by atomic mass is 16.7. The van der Waals surface area contributed by atoms with Crippen molar-refractivity contribution in [1.82, 2.24) is 4.98 Å². The zero-order chi connectivity index (χ0) is 16.4. The summed E-state index contributed by atoms with van der Waals surface area (Å²) < 4.78 is 20.2.